The van der Waals surface area contributed by atoms with E-state index < -0.39 is 10.0 Å². The van der Waals surface area contributed by atoms with Gasteiger partial charge in [0.25, 0.3) is 0 Å². The van der Waals surface area contributed by atoms with E-state index in [1.54, 1.807) is 36.4 Å². The Kier molecular flexibility index (Phi) is 4.40. The van der Waals surface area contributed by atoms with E-state index in [4.69, 9.17) is 4.52 Å². The fourth-order valence-corrected chi connectivity index (χ4v) is 3.36. The summed E-state index contributed by atoms with van der Waals surface area (Å²) in [6.45, 7) is 0.240. The van der Waals surface area contributed by atoms with Gasteiger partial charge in [-0.1, -0.05) is 29.4 Å². The number of hydrogen-bond acceptors (Lipinski definition) is 4. The van der Waals surface area contributed by atoms with Crippen LogP contribution >= 0.6 is 0 Å². The zero-order chi connectivity index (χ0) is 16.3. The van der Waals surface area contributed by atoms with Crippen LogP contribution in [-0.2, 0) is 22.2 Å². The zero-order valence-electron chi connectivity index (χ0n) is 12.2. The van der Waals surface area contributed by atoms with Gasteiger partial charge in [0.15, 0.2) is 5.58 Å². The maximum absolute atomic E-state index is 12.8. The molecule has 7 heteroatoms. The van der Waals surface area contributed by atoms with Gasteiger partial charge < -0.3 is 4.52 Å². The molecule has 0 saturated heterocycles. The first-order valence-electron chi connectivity index (χ1n) is 7.08. The second-order valence-corrected chi connectivity index (χ2v) is 6.96. The molecule has 0 atom stereocenters. The van der Waals surface area contributed by atoms with Crippen LogP contribution in [0.3, 0.4) is 0 Å². The molecule has 1 N–H and O–H groups in total. The molecule has 5 nitrogen and oxygen atoms in total. The molecule has 0 aliphatic heterocycles. The molecule has 0 fully saturated rings. The third-order valence-corrected chi connectivity index (χ3v) is 4.73. The van der Waals surface area contributed by atoms with Gasteiger partial charge in [0, 0.05) is 11.9 Å². The first-order chi connectivity index (χ1) is 11.0. The van der Waals surface area contributed by atoms with Crippen molar-refractivity contribution in [1.29, 1.82) is 0 Å². The third kappa shape index (κ3) is 3.94. The van der Waals surface area contributed by atoms with Crippen LogP contribution in [0.15, 0.2) is 53.1 Å². The highest BCUT2D eigenvalue weighted by atomic mass is 32.2. The van der Waals surface area contributed by atoms with Crippen LogP contribution in [0.25, 0.3) is 11.0 Å². The van der Waals surface area contributed by atoms with E-state index in [0.29, 0.717) is 23.1 Å². The molecule has 1 heterocycles. The summed E-state index contributed by atoms with van der Waals surface area (Å²) >= 11 is 0. The normalized spacial score (nSPS) is 11.9. The topological polar surface area (TPSA) is 72.2 Å². The standard InChI is InChI=1S/C16H15FN2O3S/c17-13-7-5-12(6-8-13)9-10-18-23(20,21)11-15-14-3-1-2-4-16(14)22-19-15/h1-8,18H,9-11H2. The first kappa shape index (κ1) is 15.6. The lowest BCUT2D eigenvalue weighted by Gasteiger charge is -2.05. The van der Waals surface area contributed by atoms with Crippen LogP contribution in [0.1, 0.15) is 11.3 Å². The summed E-state index contributed by atoms with van der Waals surface area (Å²) in [5.41, 5.74) is 1.81. The summed E-state index contributed by atoms with van der Waals surface area (Å²) in [4.78, 5) is 0. The largest absolute Gasteiger partial charge is 0.356 e. The third-order valence-electron chi connectivity index (χ3n) is 3.43. The number of aromatic nitrogens is 1. The molecule has 0 unspecified atom stereocenters. The Balaban J connectivity index is 1.62. The van der Waals surface area contributed by atoms with Crippen molar-refractivity contribution in [3.8, 4) is 0 Å². The molecule has 1 aromatic heterocycles. The molecule has 0 aliphatic rings. The minimum absolute atomic E-state index is 0.240. The lowest BCUT2D eigenvalue weighted by atomic mass is 10.1. The Morgan fingerprint density at radius 2 is 1.83 bits per heavy atom. The Labute approximate surface area is 133 Å². The number of halogens is 1. The molecule has 0 bridgehead atoms. The number of fused-ring (bicyclic) bond motifs is 1. The summed E-state index contributed by atoms with van der Waals surface area (Å²) in [7, 11) is -3.52. The van der Waals surface area contributed by atoms with E-state index in [1.807, 2.05) is 0 Å². The fraction of sp³-hybridized carbons (Fsp3) is 0.188. The van der Waals surface area contributed by atoms with Crippen LogP contribution in [-0.4, -0.2) is 20.1 Å². The molecular formula is C16H15FN2O3S. The lowest BCUT2D eigenvalue weighted by Crippen LogP contribution is -2.27. The molecule has 0 radical (unpaired) electrons. The van der Waals surface area contributed by atoms with Crippen molar-refractivity contribution in [2.45, 2.75) is 12.2 Å². The average molecular weight is 334 g/mol. The Bertz CT molecular complexity index is 904. The Morgan fingerprint density at radius 1 is 1.09 bits per heavy atom. The Hall–Kier alpha value is -2.25. The van der Waals surface area contributed by atoms with Crippen molar-refractivity contribution in [1.82, 2.24) is 9.88 Å². The summed E-state index contributed by atoms with van der Waals surface area (Å²) < 4.78 is 44.7. The number of sulfonamides is 1. The van der Waals surface area contributed by atoms with Gasteiger partial charge in [-0.3, -0.25) is 0 Å². The van der Waals surface area contributed by atoms with Crippen LogP contribution in [0.5, 0.6) is 0 Å². The van der Waals surface area contributed by atoms with Crippen molar-refractivity contribution in [3.05, 3.63) is 65.6 Å². The van der Waals surface area contributed by atoms with Crippen molar-refractivity contribution in [2.75, 3.05) is 6.54 Å². The SMILES string of the molecule is O=S(=O)(Cc1noc2ccccc12)NCCc1ccc(F)cc1. The molecule has 120 valence electrons. The highest BCUT2D eigenvalue weighted by Gasteiger charge is 2.16. The summed E-state index contributed by atoms with van der Waals surface area (Å²) in [5, 5.41) is 4.51. The minimum atomic E-state index is -3.52. The van der Waals surface area contributed by atoms with Crippen LogP contribution in [0.4, 0.5) is 4.39 Å². The molecule has 3 aromatic rings. The molecule has 0 amide bonds. The molecule has 23 heavy (non-hydrogen) atoms. The molecular weight excluding hydrogens is 319 g/mol. The van der Waals surface area contributed by atoms with Gasteiger partial charge >= 0.3 is 0 Å². The van der Waals surface area contributed by atoms with Crippen LogP contribution in [0.2, 0.25) is 0 Å². The van der Waals surface area contributed by atoms with E-state index in [2.05, 4.69) is 9.88 Å². The number of nitrogens with zero attached hydrogens (tertiary/aromatic N) is 1. The lowest BCUT2D eigenvalue weighted by molar-refractivity contribution is 0.448. The smallest absolute Gasteiger partial charge is 0.217 e. The van der Waals surface area contributed by atoms with Crippen molar-refractivity contribution in [3.63, 3.8) is 0 Å². The van der Waals surface area contributed by atoms with Gasteiger partial charge in [0.1, 0.15) is 17.3 Å². The number of para-hydroxylation sites is 1. The Morgan fingerprint density at radius 3 is 2.61 bits per heavy atom. The number of rotatable bonds is 6. The summed E-state index contributed by atoms with van der Waals surface area (Å²) in [6.07, 6.45) is 0.485. The second-order valence-electron chi connectivity index (χ2n) is 5.16. The van der Waals surface area contributed by atoms with Gasteiger partial charge in [-0.05, 0) is 36.2 Å². The van der Waals surface area contributed by atoms with Crippen molar-refractivity contribution in [2.24, 2.45) is 0 Å². The second kappa shape index (κ2) is 6.47. The summed E-state index contributed by atoms with van der Waals surface area (Å²) in [5.74, 6) is -0.555. The van der Waals surface area contributed by atoms with Gasteiger partial charge in [-0.25, -0.2) is 17.5 Å². The van der Waals surface area contributed by atoms with E-state index in [-0.39, 0.29) is 18.1 Å². The van der Waals surface area contributed by atoms with E-state index in [1.165, 1.54) is 12.1 Å². The molecule has 0 spiro atoms. The number of hydrogen-bond donors (Lipinski definition) is 1. The van der Waals surface area contributed by atoms with E-state index >= 15 is 0 Å². The van der Waals surface area contributed by atoms with Crippen LogP contribution < -0.4 is 4.72 Å². The predicted molar refractivity (Wildman–Crippen MR) is 84.7 cm³/mol. The number of nitrogens with one attached hydrogen (secondary N) is 1. The average Bonchev–Trinajstić information content (AvgIpc) is 2.92. The fourth-order valence-electron chi connectivity index (χ4n) is 2.28. The maximum atomic E-state index is 12.8. The van der Waals surface area contributed by atoms with E-state index in [9.17, 15) is 12.8 Å². The molecule has 0 saturated carbocycles. The maximum Gasteiger partial charge on any atom is 0.217 e. The van der Waals surface area contributed by atoms with Gasteiger partial charge in [0.05, 0.1) is 0 Å². The molecule has 0 aliphatic carbocycles. The summed E-state index contributed by atoms with van der Waals surface area (Å²) in [6, 6.07) is 13.1. The molecule has 2 aromatic carbocycles. The van der Waals surface area contributed by atoms with E-state index in [0.717, 1.165) is 5.56 Å². The quantitative estimate of drug-likeness (QED) is 0.752. The minimum Gasteiger partial charge on any atom is -0.356 e. The predicted octanol–water partition coefficient (Wildman–Crippen LogP) is 2.63. The van der Waals surface area contributed by atoms with Gasteiger partial charge in [-0.2, -0.15) is 0 Å². The highest BCUT2D eigenvalue weighted by molar-refractivity contribution is 7.88. The van der Waals surface area contributed by atoms with Crippen molar-refractivity contribution < 1.29 is 17.3 Å². The van der Waals surface area contributed by atoms with Crippen molar-refractivity contribution >= 4 is 21.0 Å². The van der Waals surface area contributed by atoms with Crippen LogP contribution in [0, 0.1) is 5.82 Å². The zero-order valence-corrected chi connectivity index (χ0v) is 13.0. The highest BCUT2D eigenvalue weighted by Crippen LogP contribution is 2.19. The molecule has 3 rings (SSSR count). The monoisotopic (exact) mass is 334 g/mol. The first-order valence-corrected chi connectivity index (χ1v) is 8.74. The van der Waals surface area contributed by atoms with Gasteiger partial charge in [0.2, 0.25) is 10.0 Å². The number of benzene rings is 2. The van der Waals surface area contributed by atoms with Gasteiger partial charge in [-0.15, -0.1) is 0 Å².